The third kappa shape index (κ3) is 4.41. The first-order valence-corrected chi connectivity index (χ1v) is 7.52. The molecule has 1 aliphatic carbocycles. The first-order valence-electron chi connectivity index (χ1n) is 7.52. The molecule has 108 valence electrons. The van der Waals surface area contributed by atoms with Gasteiger partial charge in [0.15, 0.2) is 0 Å². The van der Waals surface area contributed by atoms with Gasteiger partial charge in [0.05, 0.1) is 0 Å². The highest BCUT2D eigenvalue weighted by atomic mass is 16.1. The molecule has 0 unspecified atom stereocenters. The van der Waals surface area contributed by atoms with Gasteiger partial charge in [-0.05, 0) is 43.0 Å². The minimum absolute atomic E-state index is 0.0521. The molecule has 0 bridgehead atoms. The summed E-state index contributed by atoms with van der Waals surface area (Å²) >= 11 is 0. The third-order valence-electron chi connectivity index (χ3n) is 3.87. The molecule has 0 spiro atoms. The standard InChI is InChI=1S/C17H24N2O/c1-2-12-18-17(20)15-8-10-16(11-9-15)19-13-14-6-4-3-5-7-14/h2,8-11,14,19H,1,3-7,12-13H2,(H,18,20). The molecule has 3 heteroatoms. The Hall–Kier alpha value is -1.77. The molecule has 1 aromatic rings. The summed E-state index contributed by atoms with van der Waals surface area (Å²) in [6.45, 7) is 5.13. The van der Waals surface area contributed by atoms with E-state index in [9.17, 15) is 4.79 Å². The van der Waals surface area contributed by atoms with Crippen LogP contribution in [0.1, 0.15) is 42.5 Å². The van der Waals surface area contributed by atoms with Crippen LogP contribution in [-0.4, -0.2) is 19.0 Å². The summed E-state index contributed by atoms with van der Waals surface area (Å²) in [5.41, 5.74) is 1.78. The Bertz CT molecular complexity index is 433. The average molecular weight is 272 g/mol. The van der Waals surface area contributed by atoms with Crippen molar-refractivity contribution < 1.29 is 4.79 Å². The zero-order valence-corrected chi connectivity index (χ0v) is 12.0. The van der Waals surface area contributed by atoms with Gasteiger partial charge in [0.25, 0.3) is 5.91 Å². The van der Waals surface area contributed by atoms with Crippen LogP contribution in [0.25, 0.3) is 0 Å². The maximum absolute atomic E-state index is 11.7. The Kier molecular flexibility index (Phi) is 5.66. The van der Waals surface area contributed by atoms with Crippen molar-refractivity contribution in [2.45, 2.75) is 32.1 Å². The monoisotopic (exact) mass is 272 g/mol. The van der Waals surface area contributed by atoms with Crippen molar-refractivity contribution in [3.8, 4) is 0 Å². The van der Waals surface area contributed by atoms with Crippen LogP contribution in [0.4, 0.5) is 5.69 Å². The van der Waals surface area contributed by atoms with Gasteiger partial charge in [0, 0.05) is 24.3 Å². The van der Waals surface area contributed by atoms with Crippen LogP contribution in [0.2, 0.25) is 0 Å². The van der Waals surface area contributed by atoms with Gasteiger partial charge in [-0.1, -0.05) is 25.3 Å². The summed E-state index contributed by atoms with van der Waals surface area (Å²) in [5.74, 6) is 0.753. The second kappa shape index (κ2) is 7.73. The van der Waals surface area contributed by atoms with Crippen LogP contribution < -0.4 is 10.6 Å². The zero-order valence-electron chi connectivity index (χ0n) is 12.0. The van der Waals surface area contributed by atoms with Crippen molar-refractivity contribution in [2.24, 2.45) is 5.92 Å². The van der Waals surface area contributed by atoms with Crippen LogP contribution >= 0.6 is 0 Å². The number of carbonyl (C=O) groups excluding carboxylic acids is 1. The Labute approximate surface area is 121 Å². The minimum atomic E-state index is -0.0521. The van der Waals surface area contributed by atoms with Crippen molar-refractivity contribution in [3.63, 3.8) is 0 Å². The fourth-order valence-electron chi connectivity index (χ4n) is 2.66. The van der Waals surface area contributed by atoms with E-state index >= 15 is 0 Å². The molecule has 0 aromatic heterocycles. The first-order chi connectivity index (χ1) is 9.79. The van der Waals surface area contributed by atoms with Crippen LogP contribution in [0.3, 0.4) is 0 Å². The number of nitrogens with one attached hydrogen (secondary N) is 2. The van der Waals surface area contributed by atoms with Gasteiger partial charge in [-0.15, -0.1) is 6.58 Å². The Morgan fingerprint density at radius 3 is 2.55 bits per heavy atom. The number of hydrogen-bond donors (Lipinski definition) is 2. The summed E-state index contributed by atoms with van der Waals surface area (Å²) in [4.78, 5) is 11.7. The number of carbonyl (C=O) groups is 1. The number of rotatable bonds is 6. The minimum Gasteiger partial charge on any atom is -0.385 e. The van der Waals surface area contributed by atoms with Crippen molar-refractivity contribution in [2.75, 3.05) is 18.4 Å². The highest BCUT2D eigenvalue weighted by Gasteiger charge is 2.12. The maximum Gasteiger partial charge on any atom is 0.251 e. The maximum atomic E-state index is 11.7. The van der Waals surface area contributed by atoms with E-state index in [1.165, 1.54) is 32.1 Å². The predicted octanol–water partition coefficient (Wildman–Crippen LogP) is 3.59. The lowest BCUT2D eigenvalue weighted by molar-refractivity contribution is 0.0958. The quantitative estimate of drug-likeness (QED) is 0.777. The van der Waals surface area contributed by atoms with Crippen LogP contribution in [0.15, 0.2) is 36.9 Å². The summed E-state index contributed by atoms with van der Waals surface area (Å²) in [5, 5.41) is 6.25. The molecule has 1 aromatic carbocycles. The largest absolute Gasteiger partial charge is 0.385 e. The molecule has 0 saturated heterocycles. The van der Waals surface area contributed by atoms with Gasteiger partial charge in [0.2, 0.25) is 0 Å². The second-order valence-electron chi connectivity index (χ2n) is 5.46. The third-order valence-corrected chi connectivity index (χ3v) is 3.87. The van der Waals surface area contributed by atoms with E-state index in [4.69, 9.17) is 0 Å². The molecule has 0 atom stereocenters. The molecule has 1 aliphatic rings. The van der Waals surface area contributed by atoms with Crippen LogP contribution in [0.5, 0.6) is 0 Å². The van der Waals surface area contributed by atoms with Crippen molar-refractivity contribution >= 4 is 11.6 Å². The van der Waals surface area contributed by atoms with E-state index in [1.807, 2.05) is 24.3 Å². The van der Waals surface area contributed by atoms with E-state index in [0.717, 1.165) is 18.2 Å². The lowest BCUT2D eigenvalue weighted by Crippen LogP contribution is -2.23. The van der Waals surface area contributed by atoms with Gasteiger partial charge in [-0.3, -0.25) is 4.79 Å². The molecule has 1 fully saturated rings. The fraction of sp³-hybridized carbons (Fsp3) is 0.471. The van der Waals surface area contributed by atoms with E-state index in [0.29, 0.717) is 12.1 Å². The smallest absolute Gasteiger partial charge is 0.251 e. The molecule has 0 heterocycles. The Morgan fingerprint density at radius 2 is 1.90 bits per heavy atom. The van der Waals surface area contributed by atoms with Gasteiger partial charge >= 0.3 is 0 Å². The highest BCUT2D eigenvalue weighted by Crippen LogP contribution is 2.24. The molecule has 0 radical (unpaired) electrons. The molecular formula is C17H24N2O. The summed E-state index contributed by atoms with van der Waals surface area (Å²) in [7, 11) is 0. The normalized spacial score (nSPS) is 15.6. The molecule has 1 amide bonds. The number of benzene rings is 1. The summed E-state index contributed by atoms with van der Waals surface area (Å²) in [6, 6.07) is 7.68. The lowest BCUT2D eigenvalue weighted by atomic mass is 9.89. The SMILES string of the molecule is C=CCNC(=O)c1ccc(NCC2CCCCC2)cc1. The van der Waals surface area contributed by atoms with Crippen molar-refractivity contribution in [1.82, 2.24) is 5.32 Å². The predicted molar refractivity (Wildman–Crippen MR) is 84.0 cm³/mol. The molecule has 2 rings (SSSR count). The highest BCUT2D eigenvalue weighted by molar-refractivity contribution is 5.94. The van der Waals surface area contributed by atoms with E-state index in [1.54, 1.807) is 6.08 Å². The summed E-state index contributed by atoms with van der Waals surface area (Å²) in [6.07, 6.45) is 8.50. The fourth-order valence-corrected chi connectivity index (χ4v) is 2.66. The molecule has 0 aliphatic heterocycles. The molecular weight excluding hydrogens is 248 g/mol. The van der Waals surface area contributed by atoms with Crippen LogP contribution in [0, 0.1) is 5.92 Å². The molecule has 2 N–H and O–H groups in total. The van der Waals surface area contributed by atoms with Gasteiger partial charge < -0.3 is 10.6 Å². The summed E-state index contributed by atoms with van der Waals surface area (Å²) < 4.78 is 0. The second-order valence-corrected chi connectivity index (χ2v) is 5.46. The van der Waals surface area contributed by atoms with Crippen molar-refractivity contribution in [3.05, 3.63) is 42.5 Å². The van der Waals surface area contributed by atoms with Crippen LogP contribution in [-0.2, 0) is 0 Å². The van der Waals surface area contributed by atoms with Gasteiger partial charge in [-0.2, -0.15) is 0 Å². The first kappa shape index (κ1) is 14.6. The lowest BCUT2D eigenvalue weighted by Gasteiger charge is -2.22. The number of amides is 1. The van der Waals surface area contributed by atoms with E-state index in [-0.39, 0.29) is 5.91 Å². The number of anilines is 1. The van der Waals surface area contributed by atoms with Gasteiger partial charge in [0.1, 0.15) is 0 Å². The molecule has 3 nitrogen and oxygen atoms in total. The number of hydrogen-bond acceptors (Lipinski definition) is 2. The van der Waals surface area contributed by atoms with E-state index < -0.39 is 0 Å². The molecule has 20 heavy (non-hydrogen) atoms. The zero-order chi connectivity index (χ0) is 14.2. The van der Waals surface area contributed by atoms with Gasteiger partial charge in [-0.25, -0.2) is 0 Å². The molecule has 1 saturated carbocycles. The topological polar surface area (TPSA) is 41.1 Å². The Balaban J connectivity index is 1.81. The van der Waals surface area contributed by atoms with E-state index in [2.05, 4.69) is 17.2 Å². The Morgan fingerprint density at radius 1 is 1.20 bits per heavy atom. The van der Waals surface area contributed by atoms with Crippen molar-refractivity contribution in [1.29, 1.82) is 0 Å². The average Bonchev–Trinajstić information content (AvgIpc) is 2.52.